The van der Waals surface area contributed by atoms with Gasteiger partial charge in [0.05, 0.1) is 7.11 Å². The van der Waals surface area contributed by atoms with Gasteiger partial charge in [0.15, 0.2) is 17.4 Å². The van der Waals surface area contributed by atoms with Gasteiger partial charge in [0, 0.05) is 6.07 Å². The second-order valence-corrected chi connectivity index (χ2v) is 3.74. The fourth-order valence-electron chi connectivity index (χ4n) is 1.44. The number of hydrogen-bond donors (Lipinski definition) is 1. The SMILES string of the molecule is CCNC(COc1c(F)c(F)cc(F)c1F)C(=O)OC. The summed E-state index contributed by atoms with van der Waals surface area (Å²) in [5.74, 6) is -8.44. The fourth-order valence-corrected chi connectivity index (χ4v) is 1.44. The lowest BCUT2D eigenvalue weighted by atomic mass is 10.2. The zero-order valence-electron chi connectivity index (χ0n) is 10.8. The Kier molecular flexibility index (Phi) is 5.75. The Labute approximate surface area is 112 Å². The molecular weight excluding hydrogens is 282 g/mol. The van der Waals surface area contributed by atoms with Crippen LogP contribution in [0.5, 0.6) is 5.75 Å². The average molecular weight is 295 g/mol. The molecule has 1 aromatic carbocycles. The minimum Gasteiger partial charge on any atom is -0.485 e. The van der Waals surface area contributed by atoms with Gasteiger partial charge in [-0.1, -0.05) is 6.92 Å². The van der Waals surface area contributed by atoms with Gasteiger partial charge in [-0.15, -0.1) is 0 Å². The van der Waals surface area contributed by atoms with Crippen molar-refractivity contribution in [2.75, 3.05) is 20.3 Å². The first kappa shape index (κ1) is 16.2. The molecule has 1 N–H and O–H groups in total. The zero-order chi connectivity index (χ0) is 15.3. The summed E-state index contributed by atoms with van der Waals surface area (Å²) in [6.45, 7) is 1.49. The van der Waals surface area contributed by atoms with Crippen molar-refractivity contribution in [3.8, 4) is 5.75 Å². The monoisotopic (exact) mass is 295 g/mol. The first-order chi connectivity index (χ1) is 9.42. The topological polar surface area (TPSA) is 47.6 Å². The Morgan fingerprint density at radius 3 is 2.25 bits per heavy atom. The third-order valence-electron chi connectivity index (χ3n) is 2.40. The number of methoxy groups -OCH3 is 1. The highest BCUT2D eigenvalue weighted by molar-refractivity contribution is 5.75. The summed E-state index contributed by atoms with van der Waals surface area (Å²) in [5, 5.41) is 2.64. The maximum atomic E-state index is 13.3. The predicted molar refractivity (Wildman–Crippen MR) is 61.2 cm³/mol. The van der Waals surface area contributed by atoms with Gasteiger partial charge in [-0.2, -0.15) is 8.78 Å². The Bertz CT molecular complexity index is 470. The largest absolute Gasteiger partial charge is 0.485 e. The lowest BCUT2D eigenvalue weighted by molar-refractivity contribution is -0.143. The van der Waals surface area contributed by atoms with E-state index in [1.807, 2.05) is 0 Å². The molecule has 0 fully saturated rings. The van der Waals surface area contributed by atoms with Crippen LogP contribution >= 0.6 is 0 Å². The minimum absolute atomic E-state index is 0.0691. The van der Waals surface area contributed by atoms with Crippen LogP contribution in [0.2, 0.25) is 0 Å². The molecule has 112 valence electrons. The zero-order valence-corrected chi connectivity index (χ0v) is 10.8. The molecule has 0 radical (unpaired) electrons. The van der Waals surface area contributed by atoms with Crippen LogP contribution in [-0.4, -0.2) is 32.3 Å². The lowest BCUT2D eigenvalue weighted by Crippen LogP contribution is -2.42. The number of rotatable bonds is 6. The van der Waals surface area contributed by atoms with Crippen LogP contribution in [0, 0.1) is 23.3 Å². The van der Waals surface area contributed by atoms with Gasteiger partial charge in [0.25, 0.3) is 0 Å². The number of benzene rings is 1. The molecule has 0 saturated heterocycles. The third kappa shape index (κ3) is 3.60. The van der Waals surface area contributed by atoms with Gasteiger partial charge < -0.3 is 14.8 Å². The molecule has 0 bridgehead atoms. The summed E-state index contributed by atoms with van der Waals surface area (Å²) in [6, 6.07) is -0.949. The molecule has 0 amide bonds. The van der Waals surface area contributed by atoms with E-state index in [0.717, 1.165) is 7.11 Å². The first-order valence-corrected chi connectivity index (χ1v) is 5.69. The average Bonchev–Trinajstić information content (AvgIpc) is 2.43. The van der Waals surface area contributed by atoms with Crippen molar-refractivity contribution in [3.63, 3.8) is 0 Å². The van der Waals surface area contributed by atoms with E-state index in [1.54, 1.807) is 6.92 Å². The highest BCUT2D eigenvalue weighted by Crippen LogP contribution is 2.26. The summed E-state index contributed by atoms with van der Waals surface area (Å²) in [7, 11) is 1.12. The maximum absolute atomic E-state index is 13.3. The summed E-state index contributed by atoms with van der Waals surface area (Å²) >= 11 is 0. The predicted octanol–water partition coefficient (Wildman–Crippen LogP) is 1.77. The highest BCUT2D eigenvalue weighted by atomic mass is 19.2. The van der Waals surface area contributed by atoms with Gasteiger partial charge >= 0.3 is 5.97 Å². The van der Waals surface area contributed by atoms with Crippen LogP contribution < -0.4 is 10.1 Å². The number of likely N-dealkylation sites (N-methyl/N-ethyl adjacent to an activating group) is 1. The summed E-state index contributed by atoms with van der Waals surface area (Å²) < 4.78 is 61.7. The number of carbonyl (C=O) groups excluding carboxylic acids is 1. The van der Waals surface area contributed by atoms with Crippen molar-refractivity contribution in [3.05, 3.63) is 29.3 Å². The van der Waals surface area contributed by atoms with E-state index < -0.39 is 47.6 Å². The van der Waals surface area contributed by atoms with Crippen LogP contribution in [0.25, 0.3) is 0 Å². The fraction of sp³-hybridized carbons (Fsp3) is 0.417. The van der Waals surface area contributed by atoms with Gasteiger partial charge in [-0.3, -0.25) is 4.79 Å². The molecule has 1 unspecified atom stereocenters. The summed E-state index contributed by atoms with van der Waals surface area (Å²) in [6.07, 6.45) is 0. The molecule has 20 heavy (non-hydrogen) atoms. The molecule has 1 rings (SSSR count). The Balaban J connectivity index is 2.90. The molecule has 0 aliphatic carbocycles. The van der Waals surface area contributed by atoms with Crippen molar-refractivity contribution in [1.82, 2.24) is 5.32 Å². The molecule has 0 aliphatic rings. The number of esters is 1. The van der Waals surface area contributed by atoms with Crippen molar-refractivity contribution >= 4 is 5.97 Å². The van der Waals surface area contributed by atoms with E-state index in [0.29, 0.717) is 6.54 Å². The number of nitrogens with one attached hydrogen (secondary N) is 1. The lowest BCUT2D eigenvalue weighted by Gasteiger charge is -2.17. The summed E-state index contributed by atoms with van der Waals surface area (Å²) in [4.78, 5) is 11.3. The normalized spacial score (nSPS) is 12.1. The van der Waals surface area contributed by atoms with E-state index in [9.17, 15) is 22.4 Å². The van der Waals surface area contributed by atoms with Crippen molar-refractivity contribution in [2.45, 2.75) is 13.0 Å². The van der Waals surface area contributed by atoms with E-state index in [2.05, 4.69) is 14.8 Å². The molecular formula is C12H13F4NO3. The first-order valence-electron chi connectivity index (χ1n) is 5.69. The second kappa shape index (κ2) is 7.09. The van der Waals surface area contributed by atoms with Crippen LogP contribution in [0.1, 0.15) is 6.92 Å². The van der Waals surface area contributed by atoms with Crippen LogP contribution in [0.4, 0.5) is 17.6 Å². The van der Waals surface area contributed by atoms with Crippen molar-refractivity contribution in [1.29, 1.82) is 0 Å². The Morgan fingerprint density at radius 1 is 1.25 bits per heavy atom. The number of hydrogen-bond acceptors (Lipinski definition) is 4. The molecule has 0 saturated carbocycles. The quantitative estimate of drug-likeness (QED) is 0.494. The molecule has 0 heterocycles. The summed E-state index contributed by atoms with van der Waals surface area (Å²) in [5.41, 5.74) is 0. The van der Waals surface area contributed by atoms with E-state index in [1.165, 1.54) is 0 Å². The van der Waals surface area contributed by atoms with Gasteiger partial charge in [0.2, 0.25) is 11.6 Å². The molecule has 1 atom stereocenters. The number of carbonyl (C=O) groups is 1. The van der Waals surface area contributed by atoms with Crippen LogP contribution in [0.3, 0.4) is 0 Å². The maximum Gasteiger partial charge on any atom is 0.326 e. The van der Waals surface area contributed by atoms with Crippen molar-refractivity contribution < 1.29 is 31.8 Å². The smallest absolute Gasteiger partial charge is 0.326 e. The van der Waals surface area contributed by atoms with Gasteiger partial charge in [-0.05, 0) is 6.54 Å². The molecule has 1 aromatic rings. The Morgan fingerprint density at radius 2 is 1.80 bits per heavy atom. The molecule has 8 heteroatoms. The van der Waals surface area contributed by atoms with Gasteiger partial charge in [0.1, 0.15) is 12.6 Å². The van der Waals surface area contributed by atoms with E-state index in [-0.39, 0.29) is 6.07 Å². The van der Waals surface area contributed by atoms with Crippen LogP contribution in [0.15, 0.2) is 6.07 Å². The van der Waals surface area contributed by atoms with E-state index >= 15 is 0 Å². The molecule has 0 spiro atoms. The van der Waals surface area contributed by atoms with E-state index in [4.69, 9.17) is 0 Å². The van der Waals surface area contributed by atoms with Crippen LogP contribution in [-0.2, 0) is 9.53 Å². The number of halogens is 4. The van der Waals surface area contributed by atoms with Crippen molar-refractivity contribution in [2.24, 2.45) is 0 Å². The molecule has 0 aliphatic heterocycles. The highest BCUT2D eigenvalue weighted by Gasteiger charge is 2.24. The third-order valence-corrected chi connectivity index (χ3v) is 2.40. The molecule has 0 aromatic heterocycles. The Hall–Kier alpha value is -1.83. The number of ether oxygens (including phenoxy) is 2. The van der Waals surface area contributed by atoms with Gasteiger partial charge in [-0.25, -0.2) is 8.78 Å². The second-order valence-electron chi connectivity index (χ2n) is 3.74. The minimum atomic E-state index is -1.66. The molecule has 4 nitrogen and oxygen atoms in total. The standard InChI is InChI=1S/C12H13F4NO3/c1-3-17-8(12(18)19-2)5-20-11-9(15)6(13)4-7(14)10(11)16/h4,8,17H,3,5H2,1-2H3.